The lowest BCUT2D eigenvalue weighted by molar-refractivity contribution is 0.0697. The molecule has 0 bridgehead atoms. The van der Waals surface area contributed by atoms with Crippen LogP contribution in [-0.2, 0) is 6.54 Å². The van der Waals surface area contributed by atoms with Gasteiger partial charge in [-0.15, -0.1) is 0 Å². The molecule has 1 aliphatic carbocycles. The second-order valence-electron chi connectivity index (χ2n) is 8.25. The van der Waals surface area contributed by atoms with Gasteiger partial charge in [-0.3, -0.25) is 4.90 Å². The normalized spacial score (nSPS) is 22.6. The van der Waals surface area contributed by atoms with Crippen LogP contribution >= 0.6 is 23.2 Å². The van der Waals surface area contributed by atoms with Crippen LogP contribution in [0.25, 0.3) is 0 Å². The van der Waals surface area contributed by atoms with Crippen molar-refractivity contribution >= 4 is 29.2 Å². The van der Waals surface area contributed by atoms with Gasteiger partial charge >= 0.3 is 5.97 Å². The summed E-state index contributed by atoms with van der Waals surface area (Å²) < 4.78 is 0. The van der Waals surface area contributed by atoms with Gasteiger partial charge < -0.3 is 10.4 Å². The maximum atomic E-state index is 11.0. The van der Waals surface area contributed by atoms with E-state index in [1.165, 1.54) is 30.4 Å². The van der Waals surface area contributed by atoms with E-state index in [0.29, 0.717) is 27.6 Å². The van der Waals surface area contributed by atoms with Crippen LogP contribution < -0.4 is 5.32 Å². The van der Waals surface area contributed by atoms with Crippen molar-refractivity contribution in [3.8, 4) is 0 Å². The molecular weight excluding hydrogens is 407 g/mol. The fourth-order valence-electron chi connectivity index (χ4n) is 4.21. The fraction of sp³-hybridized carbons (Fsp3) is 0.435. The van der Waals surface area contributed by atoms with Crippen molar-refractivity contribution < 1.29 is 9.90 Å². The van der Waals surface area contributed by atoms with Crippen LogP contribution in [0.5, 0.6) is 0 Å². The topological polar surface area (TPSA) is 52.6 Å². The lowest BCUT2D eigenvalue weighted by atomic mass is 9.96. The zero-order valence-electron chi connectivity index (χ0n) is 16.3. The molecule has 1 saturated carbocycles. The monoisotopic (exact) mass is 432 g/mol. The SMILES string of the molecule is O=C(O)c1ccc(CN2CCC(CNC3C[C@H]3c3ccc(Cl)c(Cl)c3)CC2)cc1. The number of carboxylic acids is 1. The molecule has 6 heteroatoms. The number of carboxylic acid groups (broad SMARTS) is 1. The molecule has 0 radical (unpaired) electrons. The summed E-state index contributed by atoms with van der Waals surface area (Å²) in [5.74, 6) is 0.399. The van der Waals surface area contributed by atoms with E-state index in [0.717, 1.165) is 32.1 Å². The van der Waals surface area contributed by atoms with Crippen LogP contribution in [0.3, 0.4) is 0 Å². The molecule has 2 aromatic carbocycles. The summed E-state index contributed by atoms with van der Waals surface area (Å²) in [5, 5.41) is 14.0. The number of aromatic carboxylic acids is 1. The van der Waals surface area contributed by atoms with Crippen LogP contribution in [0.15, 0.2) is 42.5 Å². The van der Waals surface area contributed by atoms with Crippen LogP contribution in [0.1, 0.15) is 46.7 Å². The summed E-state index contributed by atoms with van der Waals surface area (Å²) in [6.45, 7) is 4.15. The first-order chi connectivity index (χ1) is 14.0. The lowest BCUT2D eigenvalue weighted by Gasteiger charge is -2.32. The minimum atomic E-state index is -0.873. The Labute approximate surface area is 181 Å². The van der Waals surface area contributed by atoms with Crippen molar-refractivity contribution in [1.82, 2.24) is 10.2 Å². The summed E-state index contributed by atoms with van der Waals surface area (Å²) >= 11 is 12.2. The summed E-state index contributed by atoms with van der Waals surface area (Å²) in [7, 11) is 0. The molecule has 0 spiro atoms. The Kier molecular flexibility index (Phi) is 6.45. The quantitative estimate of drug-likeness (QED) is 0.642. The molecule has 154 valence electrons. The molecule has 2 aliphatic rings. The third-order valence-electron chi connectivity index (χ3n) is 6.15. The molecule has 4 nitrogen and oxygen atoms in total. The summed E-state index contributed by atoms with van der Waals surface area (Å²) in [4.78, 5) is 13.4. The molecule has 4 rings (SSSR count). The molecule has 2 aromatic rings. The number of halogens is 2. The van der Waals surface area contributed by atoms with Crippen LogP contribution in [-0.4, -0.2) is 41.7 Å². The van der Waals surface area contributed by atoms with Crippen molar-refractivity contribution in [2.75, 3.05) is 19.6 Å². The van der Waals surface area contributed by atoms with Gasteiger partial charge in [0.2, 0.25) is 0 Å². The highest BCUT2D eigenvalue weighted by atomic mass is 35.5. The first kappa shape index (κ1) is 20.7. The zero-order valence-corrected chi connectivity index (χ0v) is 17.8. The van der Waals surface area contributed by atoms with Gasteiger partial charge in [0, 0.05) is 18.5 Å². The number of rotatable bonds is 7. The maximum absolute atomic E-state index is 11.0. The Bertz CT molecular complexity index is 864. The lowest BCUT2D eigenvalue weighted by Crippen LogP contribution is -2.37. The first-order valence-electron chi connectivity index (χ1n) is 10.2. The fourth-order valence-corrected chi connectivity index (χ4v) is 4.52. The van der Waals surface area contributed by atoms with Crippen LogP contribution in [0.4, 0.5) is 0 Å². The van der Waals surface area contributed by atoms with E-state index in [2.05, 4.69) is 16.3 Å². The predicted molar refractivity (Wildman–Crippen MR) is 117 cm³/mol. The van der Waals surface area contributed by atoms with Gasteiger partial charge in [-0.1, -0.05) is 41.4 Å². The smallest absolute Gasteiger partial charge is 0.335 e. The second-order valence-corrected chi connectivity index (χ2v) is 9.07. The first-order valence-corrected chi connectivity index (χ1v) is 11.0. The summed E-state index contributed by atoms with van der Waals surface area (Å²) in [6.07, 6.45) is 3.57. The second kappa shape index (κ2) is 9.05. The average Bonchev–Trinajstić information content (AvgIpc) is 3.50. The molecule has 1 heterocycles. The summed E-state index contributed by atoms with van der Waals surface area (Å²) in [5.41, 5.74) is 2.80. The van der Waals surface area contributed by atoms with Gasteiger partial charge in [-0.05, 0) is 80.2 Å². The van der Waals surface area contributed by atoms with E-state index in [-0.39, 0.29) is 0 Å². The number of carbonyl (C=O) groups is 1. The molecule has 1 aliphatic heterocycles. The number of hydrogen-bond acceptors (Lipinski definition) is 3. The standard InChI is InChI=1S/C23H26Cl2N2O2/c24-20-6-5-18(11-21(20)25)19-12-22(19)26-13-15-7-9-27(10-8-15)14-16-1-3-17(4-2-16)23(28)29/h1-6,11,15,19,22,26H,7-10,12-14H2,(H,28,29)/t19-,22?/m0/s1. The molecule has 2 fully saturated rings. The van der Waals surface area contributed by atoms with Crippen LogP contribution in [0, 0.1) is 5.92 Å². The van der Waals surface area contributed by atoms with E-state index in [9.17, 15) is 4.79 Å². The maximum Gasteiger partial charge on any atom is 0.335 e. The Morgan fingerprint density at radius 2 is 1.79 bits per heavy atom. The number of piperidine rings is 1. The average molecular weight is 433 g/mol. The van der Waals surface area contributed by atoms with E-state index < -0.39 is 5.97 Å². The largest absolute Gasteiger partial charge is 0.478 e. The Hall–Kier alpha value is -1.59. The summed E-state index contributed by atoms with van der Waals surface area (Å²) in [6, 6.07) is 13.8. The molecule has 29 heavy (non-hydrogen) atoms. The van der Waals surface area contributed by atoms with E-state index in [1.807, 2.05) is 24.3 Å². The van der Waals surface area contributed by atoms with Gasteiger partial charge in [0.05, 0.1) is 15.6 Å². The number of likely N-dealkylation sites (tertiary alicyclic amines) is 1. The molecule has 0 aromatic heterocycles. The van der Waals surface area contributed by atoms with Gasteiger partial charge in [-0.25, -0.2) is 4.79 Å². The number of hydrogen-bond donors (Lipinski definition) is 2. The molecule has 1 saturated heterocycles. The number of nitrogens with one attached hydrogen (secondary N) is 1. The van der Waals surface area contributed by atoms with E-state index >= 15 is 0 Å². The van der Waals surface area contributed by atoms with Gasteiger partial charge in [-0.2, -0.15) is 0 Å². The highest BCUT2D eigenvalue weighted by Crippen LogP contribution is 2.42. The highest BCUT2D eigenvalue weighted by Gasteiger charge is 2.38. The number of nitrogens with zero attached hydrogens (tertiary/aromatic N) is 1. The van der Waals surface area contributed by atoms with Gasteiger partial charge in [0.15, 0.2) is 0 Å². The minimum absolute atomic E-state index is 0.345. The molecule has 1 unspecified atom stereocenters. The minimum Gasteiger partial charge on any atom is -0.478 e. The van der Waals surface area contributed by atoms with Gasteiger partial charge in [0.1, 0.15) is 0 Å². The third-order valence-corrected chi connectivity index (χ3v) is 6.88. The van der Waals surface area contributed by atoms with Crippen molar-refractivity contribution in [2.45, 2.75) is 37.8 Å². The zero-order chi connectivity index (χ0) is 20.4. The van der Waals surface area contributed by atoms with Gasteiger partial charge in [0.25, 0.3) is 0 Å². The molecule has 2 N–H and O–H groups in total. The molecule has 2 atom stereocenters. The predicted octanol–water partition coefficient (Wildman–Crippen LogP) is 5.05. The Morgan fingerprint density at radius 1 is 1.07 bits per heavy atom. The Balaban J connectivity index is 1.18. The molecular formula is C23H26Cl2N2O2. The Morgan fingerprint density at radius 3 is 2.45 bits per heavy atom. The molecule has 0 amide bonds. The third kappa shape index (κ3) is 5.32. The van der Waals surface area contributed by atoms with E-state index in [1.54, 1.807) is 12.1 Å². The van der Waals surface area contributed by atoms with E-state index in [4.69, 9.17) is 28.3 Å². The van der Waals surface area contributed by atoms with Crippen molar-refractivity contribution in [2.24, 2.45) is 5.92 Å². The highest BCUT2D eigenvalue weighted by molar-refractivity contribution is 6.42. The van der Waals surface area contributed by atoms with Crippen molar-refractivity contribution in [3.63, 3.8) is 0 Å². The van der Waals surface area contributed by atoms with Crippen LogP contribution in [0.2, 0.25) is 10.0 Å². The number of benzene rings is 2. The van der Waals surface area contributed by atoms with Crippen molar-refractivity contribution in [1.29, 1.82) is 0 Å². The van der Waals surface area contributed by atoms with Crippen molar-refractivity contribution in [3.05, 3.63) is 69.2 Å².